The summed E-state index contributed by atoms with van der Waals surface area (Å²) < 4.78 is 37.3. The molecule has 0 radical (unpaired) electrons. The van der Waals surface area contributed by atoms with Crippen molar-refractivity contribution >= 4 is 23.4 Å². The zero-order chi connectivity index (χ0) is 17.6. The molecule has 0 aliphatic rings. The summed E-state index contributed by atoms with van der Waals surface area (Å²) in [6.45, 7) is 0. The third-order valence-corrected chi connectivity index (χ3v) is 4.08. The van der Waals surface area contributed by atoms with Crippen LogP contribution in [-0.4, -0.2) is 11.7 Å². The van der Waals surface area contributed by atoms with Crippen molar-refractivity contribution < 1.29 is 18.0 Å². The van der Waals surface area contributed by atoms with E-state index in [1.54, 1.807) is 12.1 Å². The first-order valence-corrected chi connectivity index (χ1v) is 8.08. The first-order chi connectivity index (χ1) is 11.4. The van der Waals surface area contributed by atoms with Gasteiger partial charge in [0, 0.05) is 11.4 Å². The molecular weight excluding hydrogens is 337 g/mol. The van der Waals surface area contributed by atoms with Gasteiger partial charge in [0.2, 0.25) is 5.91 Å². The molecule has 0 saturated carbocycles. The minimum absolute atomic E-state index is 0.182. The molecule has 7 heteroatoms. The van der Waals surface area contributed by atoms with Gasteiger partial charge in [0.05, 0.1) is 22.9 Å². The Morgan fingerprint density at radius 3 is 2.25 bits per heavy atom. The number of hydrogen-bond donors (Lipinski definition) is 1. The number of alkyl halides is 3. The number of benzene rings is 2. The minimum Gasteiger partial charge on any atom is -0.325 e. The average molecular weight is 350 g/mol. The molecule has 1 N–H and O–H groups in total. The van der Waals surface area contributed by atoms with E-state index in [4.69, 9.17) is 5.26 Å². The zero-order valence-corrected chi connectivity index (χ0v) is 13.2. The molecule has 24 heavy (non-hydrogen) atoms. The van der Waals surface area contributed by atoms with Crippen molar-refractivity contribution in [2.45, 2.75) is 11.9 Å². The Morgan fingerprint density at radius 1 is 1.08 bits per heavy atom. The molecule has 3 nitrogen and oxygen atoms in total. The lowest BCUT2D eigenvalue weighted by Crippen LogP contribution is -2.14. The van der Waals surface area contributed by atoms with Crippen LogP contribution in [0.2, 0.25) is 0 Å². The molecule has 0 aromatic heterocycles. The van der Waals surface area contributed by atoms with Gasteiger partial charge in [-0.15, -0.1) is 11.8 Å². The van der Waals surface area contributed by atoms with Crippen LogP contribution in [-0.2, 0) is 16.7 Å². The number of anilines is 1. The number of nitrogens with zero attached hydrogens (tertiary/aromatic N) is 1. The summed E-state index contributed by atoms with van der Waals surface area (Å²) in [5.41, 5.74) is 1.13. The van der Waals surface area contributed by atoms with Crippen molar-refractivity contribution in [1.29, 1.82) is 5.26 Å². The smallest absolute Gasteiger partial charge is 0.325 e. The predicted octanol–water partition coefficient (Wildman–Crippen LogP) is 4.45. The van der Waals surface area contributed by atoms with Crippen molar-refractivity contribution in [1.82, 2.24) is 0 Å². The highest BCUT2D eigenvalue weighted by atomic mass is 32.2. The van der Waals surface area contributed by atoms with Crippen LogP contribution < -0.4 is 5.32 Å². The molecule has 2 aromatic rings. The van der Waals surface area contributed by atoms with E-state index < -0.39 is 11.7 Å². The van der Waals surface area contributed by atoms with E-state index in [9.17, 15) is 18.0 Å². The largest absolute Gasteiger partial charge is 0.416 e. The Balaban J connectivity index is 1.79. The number of hydrogen-bond acceptors (Lipinski definition) is 3. The quantitative estimate of drug-likeness (QED) is 0.867. The summed E-state index contributed by atoms with van der Waals surface area (Å²) in [5.74, 6) is 0.501. The Hall–Kier alpha value is -2.46. The molecule has 0 heterocycles. The van der Waals surface area contributed by atoms with Gasteiger partial charge in [-0.3, -0.25) is 4.79 Å². The molecule has 0 bridgehead atoms. The lowest BCUT2D eigenvalue weighted by molar-refractivity contribution is -0.137. The van der Waals surface area contributed by atoms with Gasteiger partial charge in [-0.05, 0) is 42.0 Å². The molecule has 2 rings (SSSR count). The fraction of sp³-hybridized carbons (Fsp3) is 0.176. The van der Waals surface area contributed by atoms with Gasteiger partial charge < -0.3 is 5.32 Å². The van der Waals surface area contributed by atoms with Gasteiger partial charge >= 0.3 is 6.18 Å². The second kappa shape index (κ2) is 7.88. The maximum absolute atomic E-state index is 12.4. The molecular formula is C17H13F3N2OS. The van der Waals surface area contributed by atoms with Crippen molar-refractivity contribution in [3.8, 4) is 6.07 Å². The molecule has 124 valence electrons. The number of carbonyl (C=O) groups excluding carboxylic acids is 1. The third-order valence-electron chi connectivity index (χ3n) is 3.08. The van der Waals surface area contributed by atoms with Crippen LogP contribution >= 0.6 is 11.8 Å². The Bertz CT molecular complexity index is 734. The van der Waals surface area contributed by atoms with E-state index >= 15 is 0 Å². The number of rotatable bonds is 5. The van der Waals surface area contributed by atoms with E-state index in [0.29, 0.717) is 17.0 Å². The molecule has 0 unspecified atom stereocenters. The highest BCUT2D eigenvalue weighted by molar-refractivity contribution is 7.99. The third kappa shape index (κ3) is 5.32. The Morgan fingerprint density at radius 2 is 1.71 bits per heavy atom. The maximum atomic E-state index is 12.4. The molecule has 1 amide bonds. The number of nitrogens with one attached hydrogen (secondary N) is 1. The molecule has 0 spiro atoms. The summed E-state index contributed by atoms with van der Waals surface area (Å²) in [6.07, 6.45) is -4.39. The standard InChI is InChI=1S/C17H13F3N2OS/c18-17(19,20)14-5-7-15(8-6-14)22-16(23)11-24-10-13-3-1-12(9-21)2-4-13/h1-8H,10-11H2,(H,22,23). The van der Waals surface area contributed by atoms with E-state index in [2.05, 4.69) is 5.32 Å². The van der Waals surface area contributed by atoms with Crippen molar-refractivity contribution in [2.75, 3.05) is 11.1 Å². The predicted molar refractivity (Wildman–Crippen MR) is 87.4 cm³/mol. The Kier molecular flexibility index (Phi) is 5.88. The summed E-state index contributed by atoms with van der Waals surface area (Å²) >= 11 is 1.38. The van der Waals surface area contributed by atoms with E-state index in [-0.39, 0.29) is 11.7 Å². The van der Waals surface area contributed by atoms with Crippen LogP contribution in [0.4, 0.5) is 18.9 Å². The van der Waals surface area contributed by atoms with Crippen LogP contribution in [0, 0.1) is 11.3 Å². The zero-order valence-electron chi connectivity index (χ0n) is 12.4. The second-order valence-electron chi connectivity index (χ2n) is 4.92. The van der Waals surface area contributed by atoms with Crippen molar-refractivity contribution in [3.05, 3.63) is 65.2 Å². The lowest BCUT2D eigenvalue weighted by atomic mass is 10.2. The molecule has 0 aliphatic carbocycles. The van der Waals surface area contributed by atoms with Crippen molar-refractivity contribution in [3.63, 3.8) is 0 Å². The average Bonchev–Trinajstić information content (AvgIpc) is 2.55. The number of halogens is 3. The van der Waals surface area contributed by atoms with Gasteiger partial charge in [-0.1, -0.05) is 12.1 Å². The van der Waals surface area contributed by atoms with Crippen LogP contribution in [0.15, 0.2) is 48.5 Å². The van der Waals surface area contributed by atoms with E-state index in [1.807, 2.05) is 18.2 Å². The molecule has 0 aliphatic heterocycles. The van der Waals surface area contributed by atoms with Crippen molar-refractivity contribution in [2.24, 2.45) is 0 Å². The van der Waals surface area contributed by atoms with Gasteiger partial charge in [0.15, 0.2) is 0 Å². The van der Waals surface area contributed by atoms with E-state index in [0.717, 1.165) is 17.7 Å². The molecule has 0 saturated heterocycles. The molecule has 0 atom stereocenters. The van der Waals surface area contributed by atoms with Gasteiger partial charge in [-0.2, -0.15) is 18.4 Å². The Labute approximate surface area is 141 Å². The fourth-order valence-electron chi connectivity index (χ4n) is 1.88. The van der Waals surface area contributed by atoms with Gasteiger partial charge in [0.25, 0.3) is 0 Å². The summed E-state index contributed by atoms with van der Waals surface area (Å²) in [4.78, 5) is 11.8. The molecule has 0 fully saturated rings. The van der Waals surface area contributed by atoms with Crippen LogP contribution in [0.5, 0.6) is 0 Å². The lowest BCUT2D eigenvalue weighted by Gasteiger charge is -2.09. The SMILES string of the molecule is N#Cc1ccc(CSCC(=O)Nc2ccc(C(F)(F)F)cc2)cc1. The van der Waals surface area contributed by atoms with E-state index in [1.165, 1.54) is 23.9 Å². The van der Waals surface area contributed by atoms with Gasteiger partial charge in [-0.25, -0.2) is 0 Å². The number of carbonyl (C=O) groups is 1. The highest BCUT2D eigenvalue weighted by Crippen LogP contribution is 2.29. The molecule has 2 aromatic carbocycles. The number of amides is 1. The van der Waals surface area contributed by atoms with Gasteiger partial charge in [0.1, 0.15) is 0 Å². The summed E-state index contributed by atoms with van der Waals surface area (Å²) in [5, 5.41) is 11.3. The number of thioether (sulfide) groups is 1. The first kappa shape index (κ1) is 17.9. The highest BCUT2D eigenvalue weighted by Gasteiger charge is 2.29. The first-order valence-electron chi connectivity index (χ1n) is 6.92. The van der Waals surface area contributed by atoms with Crippen LogP contribution in [0.3, 0.4) is 0 Å². The minimum atomic E-state index is -4.39. The second-order valence-corrected chi connectivity index (χ2v) is 5.91. The monoisotopic (exact) mass is 350 g/mol. The topological polar surface area (TPSA) is 52.9 Å². The maximum Gasteiger partial charge on any atom is 0.416 e. The number of nitriles is 1. The summed E-state index contributed by atoms with van der Waals surface area (Å²) in [6, 6.07) is 13.4. The summed E-state index contributed by atoms with van der Waals surface area (Å²) in [7, 11) is 0. The normalized spacial score (nSPS) is 10.9. The fourth-order valence-corrected chi connectivity index (χ4v) is 2.66. The van der Waals surface area contributed by atoms with Crippen LogP contribution in [0.25, 0.3) is 0 Å². The van der Waals surface area contributed by atoms with Crippen LogP contribution in [0.1, 0.15) is 16.7 Å².